The first kappa shape index (κ1) is 23.2. The van der Waals surface area contributed by atoms with E-state index in [4.69, 9.17) is 4.74 Å². The van der Waals surface area contributed by atoms with E-state index >= 15 is 0 Å². The number of ether oxygens (including phenoxy) is 1. The number of hydrogen-bond donors (Lipinski definition) is 1. The van der Waals surface area contributed by atoms with Gasteiger partial charge in [-0.05, 0) is 71.8 Å². The van der Waals surface area contributed by atoms with E-state index in [1.807, 2.05) is 0 Å². The van der Waals surface area contributed by atoms with Crippen LogP contribution in [0.25, 0.3) is 0 Å². The Kier molecular flexibility index (Phi) is 6.56. The summed E-state index contributed by atoms with van der Waals surface area (Å²) in [4.78, 5) is 0. The Morgan fingerprint density at radius 1 is 0.852 bits per heavy atom. The average molecular weight is 380 g/mol. The molecule has 1 unspecified atom stereocenters. The molecule has 0 radical (unpaired) electrons. The van der Waals surface area contributed by atoms with Crippen molar-refractivity contribution in [2.24, 2.45) is 38.9 Å². The van der Waals surface area contributed by atoms with Crippen molar-refractivity contribution in [1.82, 2.24) is 5.32 Å². The van der Waals surface area contributed by atoms with Crippen molar-refractivity contribution < 1.29 is 4.74 Å². The molecule has 2 fully saturated rings. The summed E-state index contributed by atoms with van der Waals surface area (Å²) in [5.41, 5.74) is 1.78. The molecule has 2 heterocycles. The van der Waals surface area contributed by atoms with Crippen LogP contribution in [0.4, 0.5) is 0 Å². The fourth-order valence-corrected chi connectivity index (χ4v) is 7.29. The van der Waals surface area contributed by atoms with Crippen LogP contribution in [0.3, 0.4) is 0 Å². The first-order valence-corrected chi connectivity index (χ1v) is 11.4. The van der Waals surface area contributed by atoms with Crippen LogP contribution in [-0.2, 0) is 4.74 Å². The summed E-state index contributed by atoms with van der Waals surface area (Å²) in [6.07, 6.45) is 5.24. The van der Waals surface area contributed by atoms with Gasteiger partial charge < -0.3 is 10.1 Å². The second-order valence-electron chi connectivity index (χ2n) is 13.1. The van der Waals surface area contributed by atoms with E-state index in [0.717, 1.165) is 19.1 Å². The maximum atomic E-state index is 5.60. The molecule has 0 aromatic heterocycles. The maximum Gasteiger partial charge on any atom is 0.0519 e. The Morgan fingerprint density at radius 3 is 1.74 bits per heavy atom. The summed E-state index contributed by atoms with van der Waals surface area (Å²) in [6.45, 7) is 29.2. The van der Waals surface area contributed by atoms with Crippen molar-refractivity contribution >= 4 is 0 Å². The third-order valence-electron chi connectivity index (χ3n) is 8.49. The van der Waals surface area contributed by atoms with Crippen LogP contribution in [-0.4, -0.2) is 26.3 Å². The highest BCUT2D eigenvalue weighted by molar-refractivity contribution is 5.03. The van der Waals surface area contributed by atoms with Crippen molar-refractivity contribution in [3.63, 3.8) is 0 Å². The molecule has 2 aliphatic rings. The maximum absolute atomic E-state index is 5.60. The van der Waals surface area contributed by atoms with Crippen LogP contribution in [0.5, 0.6) is 0 Å². The van der Waals surface area contributed by atoms with Gasteiger partial charge in [-0.3, -0.25) is 0 Å². The van der Waals surface area contributed by atoms with Gasteiger partial charge in [0, 0.05) is 5.92 Å². The molecule has 160 valence electrons. The zero-order valence-corrected chi connectivity index (χ0v) is 20.2. The van der Waals surface area contributed by atoms with Crippen LogP contribution in [0, 0.1) is 38.9 Å². The summed E-state index contributed by atoms with van der Waals surface area (Å²) in [6, 6.07) is 0. The van der Waals surface area contributed by atoms with Crippen LogP contribution < -0.4 is 5.32 Å². The molecule has 2 aliphatic heterocycles. The molecule has 0 spiro atoms. The van der Waals surface area contributed by atoms with Crippen LogP contribution in [0.15, 0.2) is 0 Å². The molecular formula is C25H49NO. The second kappa shape index (κ2) is 7.63. The molecule has 0 aliphatic carbocycles. The van der Waals surface area contributed by atoms with Gasteiger partial charge in [0.1, 0.15) is 0 Å². The fourth-order valence-electron chi connectivity index (χ4n) is 7.29. The van der Waals surface area contributed by atoms with Crippen molar-refractivity contribution in [3.8, 4) is 0 Å². The van der Waals surface area contributed by atoms with Gasteiger partial charge in [0.05, 0.1) is 13.2 Å². The molecule has 2 nitrogen and oxygen atoms in total. The quantitative estimate of drug-likeness (QED) is 0.565. The number of rotatable bonds is 6. The lowest BCUT2D eigenvalue weighted by molar-refractivity contribution is -0.128. The van der Waals surface area contributed by atoms with Crippen LogP contribution in [0.1, 0.15) is 94.9 Å². The standard InChI is InChI=1S/C25H49NO/c1-21(2,3)20(19-17-27-18-19)23(7,8)11-12-24(9,10)25(22(4,5)6)13-15-26-16-14-25/h19-20,26H,11-18H2,1-10H3. The Hall–Kier alpha value is -0.0800. The highest BCUT2D eigenvalue weighted by atomic mass is 16.5. The van der Waals surface area contributed by atoms with E-state index in [1.54, 1.807) is 0 Å². The van der Waals surface area contributed by atoms with Crippen molar-refractivity contribution in [2.75, 3.05) is 26.3 Å². The van der Waals surface area contributed by atoms with E-state index in [-0.39, 0.29) is 0 Å². The minimum absolute atomic E-state index is 0.332. The third kappa shape index (κ3) is 4.58. The largest absolute Gasteiger partial charge is 0.381 e. The molecule has 0 bridgehead atoms. The smallest absolute Gasteiger partial charge is 0.0519 e. The molecule has 2 saturated heterocycles. The summed E-state index contributed by atoms with van der Waals surface area (Å²) in [7, 11) is 0. The third-order valence-corrected chi connectivity index (χ3v) is 8.49. The highest BCUT2D eigenvalue weighted by Crippen LogP contribution is 2.60. The summed E-state index contributed by atoms with van der Waals surface area (Å²) < 4.78 is 5.60. The minimum atomic E-state index is 0.332. The number of piperidine rings is 1. The van der Waals surface area contributed by atoms with E-state index in [2.05, 4.69) is 74.6 Å². The molecule has 1 N–H and O–H groups in total. The normalized spacial score (nSPS) is 23.8. The van der Waals surface area contributed by atoms with Gasteiger partial charge in [-0.1, -0.05) is 69.2 Å². The van der Waals surface area contributed by atoms with Crippen molar-refractivity contribution in [3.05, 3.63) is 0 Å². The topological polar surface area (TPSA) is 21.3 Å². The molecule has 0 saturated carbocycles. The first-order valence-electron chi connectivity index (χ1n) is 11.4. The Morgan fingerprint density at radius 2 is 1.37 bits per heavy atom. The molecular weight excluding hydrogens is 330 g/mol. The lowest BCUT2D eigenvalue weighted by Gasteiger charge is -2.59. The van der Waals surface area contributed by atoms with Crippen molar-refractivity contribution in [1.29, 1.82) is 0 Å². The van der Waals surface area contributed by atoms with Crippen molar-refractivity contribution in [2.45, 2.75) is 94.9 Å². The molecule has 2 heteroatoms. The predicted octanol–water partition coefficient (Wildman–Crippen LogP) is 6.54. The van der Waals surface area contributed by atoms with Gasteiger partial charge >= 0.3 is 0 Å². The van der Waals surface area contributed by atoms with E-state index in [9.17, 15) is 0 Å². The SMILES string of the molecule is CC(C)(C)C(C1COC1)C(C)(C)CCC(C)(C)C1(C(C)(C)C)CCNCC1. The van der Waals surface area contributed by atoms with Gasteiger partial charge in [-0.2, -0.15) is 0 Å². The van der Waals surface area contributed by atoms with E-state index in [0.29, 0.717) is 33.0 Å². The molecule has 2 rings (SSSR count). The van der Waals surface area contributed by atoms with Gasteiger partial charge in [0.2, 0.25) is 0 Å². The molecule has 0 amide bonds. The molecule has 1 atom stereocenters. The van der Waals surface area contributed by atoms with Gasteiger partial charge in [-0.25, -0.2) is 0 Å². The lowest BCUT2D eigenvalue weighted by Crippen LogP contribution is -2.54. The monoisotopic (exact) mass is 379 g/mol. The van der Waals surface area contributed by atoms with Crippen LogP contribution in [0.2, 0.25) is 0 Å². The number of hydrogen-bond acceptors (Lipinski definition) is 2. The van der Waals surface area contributed by atoms with E-state index < -0.39 is 0 Å². The van der Waals surface area contributed by atoms with E-state index in [1.165, 1.54) is 38.8 Å². The Bertz CT molecular complexity index is 481. The lowest BCUT2D eigenvalue weighted by atomic mass is 9.48. The zero-order chi connectivity index (χ0) is 20.7. The first-order chi connectivity index (χ1) is 12.1. The minimum Gasteiger partial charge on any atom is -0.381 e. The predicted molar refractivity (Wildman–Crippen MR) is 118 cm³/mol. The summed E-state index contributed by atoms with van der Waals surface area (Å²) in [5, 5.41) is 3.61. The van der Waals surface area contributed by atoms with Gasteiger partial charge in [0.15, 0.2) is 0 Å². The Labute approximate surface area is 170 Å². The zero-order valence-electron chi connectivity index (χ0n) is 20.2. The number of nitrogens with one attached hydrogen (secondary N) is 1. The van der Waals surface area contributed by atoms with Crippen LogP contribution >= 0.6 is 0 Å². The molecule has 0 aromatic rings. The fraction of sp³-hybridized carbons (Fsp3) is 1.00. The summed E-state index contributed by atoms with van der Waals surface area (Å²) >= 11 is 0. The highest BCUT2D eigenvalue weighted by Gasteiger charge is 2.53. The second-order valence-corrected chi connectivity index (χ2v) is 13.1. The molecule has 27 heavy (non-hydrogen) atoms. The van der Waals surface area contributed by atoms with Gasteiger partial charge in [-0.15, -0.1) is 0 Å². The summed E-state index contributed by atoms with van der Waals surface area (Å²) in [5.74, 6) is 1.45. The average Bonchev–Trinajstić information content (AvgIpc) is 2.47. The molecule has 0 aromatic carbocycles. The Balaban J connectivity index is 2.20. The van der Waals surface area contributed by atoms with Gasteiger partial charge in [0.25, 0.3) is 0 Å².